The van der Waals surface area contributed by atoms with Crippen LogP contribution in [0.5, 0.6) is 0 Å². The van der Waals surface area contributed by atoms with E-state index in [2.05, 4.69) is 10.6 Å². The highest BCUT2D eigenvalue weighted by molar-refractivity contribution is 7.99. The molecule has 0 spiro atoms. The van der Waals surface area contributed by atoms with Crippen LogP contribution in [0.1, 0.15) is 19.3 Å². The lowest BCUT2D eigenvalue weighted by Gasteiger charge is -2.06. The van der Waals surface area contributed by atoms with Crippen molar-refractivity contribution in [2.24, 2.45) is 0 Å². The zero-order valence-corrected chi connectivity index (χ0v) is 13.3. The molecule has 6 nitrogen and oxygen atoms in total. The molecule has 0 unspecified atom stereocenters. The zero-order chi connectivity index (χ0) is 17.1. The molecule has 0 aromatic heterocycles. The van der Waals surface area contributed by atoms with Crippen molar-refractivity contribution in [2.75, 3.05) is 23.4 Å². The van der Waals surface area contributed by atoms with E-state index in [1.807, 2.05) is 0 Å². The number of carbonyl (C=O) groups is 3. The summed E-state index contributed by atoms with van der Waals surface area (Å²) in [5.41, 5.74) is 0.521. The highest BCUT2D eigenvalue weighted by atomic mass is 32.2. The van der Waals surface area contributed by atoms with E-state index < -0.39 is 5.97 Å². The Morgan fingerprint density at radius 1 is 1.09 bits per heavy atom. The van der Waals surface area contributed by atoms with E-state index in [1.165, 1.54) is 36.0 Å². The van der Waals surface area contributed by atoms with Crippen LogP contribution in [0.4, 0.5) is 10.1 Å². The Hall–Kier alpha value is -2.09. The number of aliphatic carboxylic acids is 1. The first-order valence-corrected chi connectivity index (χ1v) is 8.24. The Morgan fingerprint density at radius 3 is 2.43 bits per heavy atom. The summed E-state index contributed by atoms with van der Waals surface area (Å²) < 4.78 is 12.7. The number of rotatable bonds is 10. The second-order valence-electron chi connectivity index (χ2n) is 4.70. The van der Waals surface area contributed by atoms with Gasteiger partial charge in [-0.05, 0) is 30.7 Å². The molecule has 8 heteroatoms. The number of hydrogen-bond donors (Lipinski definition) is 3. The van der Waals surface area contributed by atoms with E-state index in [4.69, 9.17) is 5.11 Å². The molecule has 23 heavy (non-hydrogen) atoms. The summed E-state index contributed by atoms with van der Waals surface area (Å²) in [5.74, 6) is -0.954. The Morgan fingerprint density at radius 2 is 1.78 bits per heavy atom. The van der Waals surface area contributed by atoms with Crippen molar-refractivity contribution in [3.05, 3.63) is 30.1 Å². The van der Waals surface area contributed by atoms with E-state index in [9.17, 15) is 18.8 Å². The van der Waals surface area contributed by atoms with Gasteiger partial charge in [0, 0.05) is 30.8 Å². The van der Waals surface area contributed by atoms with Crippen LogP contribution >= 0.6 is 11.8 Å². The number of thioether (sulfide) groups is 1. The van der Waals surface area contributed by atoms with Gasteiger partial charge in [-0.2, -0.15) is 11.8 Å². The molecular weight excluding hydrogens is 323 g/mol. The molecule has 0 radical (unpaired) electrons. The van der Waals surface area contributed by atoms with Gasteiger partial charge in [-0.1, -0.05) is 0 Å². The maximum Gasteiger partial charge on any atom is 0.303 e. The molecular formula is C15H19FN2O4S. The third-order valence-electron chi connectivity index (χ3n) is 2.72. The lowest BCUT2D eigenvalue weighted by molar-refractivity contribution is -0.137. The minimum absolute atomic E-state index is 0.0264. The van der Waals surface area contributed by atoms with Crippen LogP contribution in [0.3, 0.4) is 0 Å². The van der Waals surface area contributed by atoms with Crippen LogP contribution in [0.2, 0.25) is 0 Å². The molecule has 0 aliphatic rings. The van der Waals surface area contributed by atoms with Crippen LogP contribution in [0, 0.1) is 5.82 Å². The van der Waals surface area contributed by atoms with Crippen molar-refractivity contribution >= 4 is 35.2 Å². The van der Waals surface area contributed by atoms with Crippen LogP contribution in [0.15, 0.2) is 24.3 Å². The van der Waals surface area contributed by atoms with Crippen LogP contribution in [-0.4, -0.2) is 40.9 Å². The molecule has 1 aromatic carbocycles. The average molecular weight is 342 g/mol. The first kappa shape index (κ1) is 19.0. The lowest BCUT2D eigenvalue weighted by atomic mass is 10.3. The van der Waals surface area contributed by atoms with Gasteiger partial charge in [-0.25, -0.2) is 4.39 Å². The quantitative estimate of drug-likeness (QED) is 0.564. The van der Waals surface area contributed by atoms with Crippen LogP contribution in [0.25, 0.3) is 0 Å². The Balaban J connectivity index is 2.07. The first-order valence-electron chi connectivity index (χ1n) is 7.09. The van der Waals surface area contributed by atoms with E-state index in [0.29, 0.717) is 24.4 Å². The molecule has 126 valence electrons. The van der Waals surface area contributed by atoms with E-state index in [-0.39, 0.29) is 36.2 Å². The summed E-state index contributed by atoms with van der Waals surface area (Å²) in [6.07, 6.45) is 0.689. The lowest BCUT2D eigenvalue weighted by Crippen LogP contribution is -2.25. The topological polar surface area (TPSA) is 95.5 Å². The number of benzene rings is 1. The van der Waals surface area contributed by atoms with Crippen molar-refractivity contribution in [3.63, 3.8) is 0 Å². The second-order valence-corrected chi connectivity index (χ2v) is 5.81. The first-order chi connectivity index (χ1) is 11.0. The van der Waals surface area contributed by atoms with Crippen LogP contribution < -0.4 is 10.6 Å². The molecule has 0 saturated heterocycles. The second kappa shape index (κ2) is 10.6. The summed E-state index contributed by atoms with van der Waals surface area (Å²) in [7, 11) is 0. The van der Waals surface area contributed by atoms with Gasteiger partial charge in [0.1, 0.15) is 5.82 Å². The molecule has 0 saturated carbocycles. The van der Waals surface area contributed by atoms with Gasteiger partial charge in [-0.15, -0.1) is 0 Å². The molecule has 0 fully saturated rings. The Kier molecular flexibility index (Phi) is 8.74. The minimum Gasteiger partial charge on any atom is -0.481 e. The third kappa shape index (κ3) is 9.51. The van der Waals surface area contributed by atoms with E-state index in [1.54, 1.807) is 0 Å². The fourth-order valence-electron chi connectivity index (χ4n) is 1.62. The number of anilines is 1. The molecule has 0 heterocycles. The average Bonchev–Trinajstić information content (AvgIpc) is 2.50. The summed E-state index contributed by atoms with van der Waals surface area (Å²) in [4.78, 5) is 33.4. The summed E-state index contributed by atoms with van der Waals surface area (Å²) >= 11 is 1.32. The van der Waals surface area contributed by atoms with Gasteiger partial charge in [-0.3, -0.25) is 14.4 Å². The standard InChI is InChI=1S/C15H19FN2O4S/c16-11-3-5-12(6-4-11)18-14(20)10-23-9-7-13(19)17-8-1-2-15(21)22/h3-6H,1-2,7-10H2,(H,17,19)(H,18,20)(H,21,22). The normalized spacial score (nSPS) is 10.1. The fraction of sp³-hybridized carbons (Fsp3) is 0.400. The Bertz CT molecular complexity index is 537. The smallest absolute Gasteiger partial charge is 0.303 e. The van der Waals surface area contributed by atoms with E-state index >= 15 is 0 Å². The highest BCUT2D eigenvalue weighted by Crippen LogP contribution is 2.09. The van der Waals surface area contributed by atoms with Crippen molar-refractivity contribution in [3.8, 4) is 0 Å². The molecule has 0 aliphatic carbocycles. The SMILES string of the molecule is O=C(O)CCCNC(=O)CCSCC(=O)Nc1ccc(F)cc1. The number of amides is 2. The molecule has 0 aliphatic heterocycles. The summed E-state index contributed by atoms with van der Waals surface area (Å²) in [6, 6.07) is 5.47. The molecule has 0 atom stereocenters. The molecule has 1 rings (SSSR count). The number of nitrogens with one attached hydrogen (secondary N) is 2. The van der Waals surface area contributed by atoms with E-state index in [0.717, 1.165) is 0 Å². The fourth-order valence-corrected chi connectivity index (χ4v) is 2.35. The Labute approximate surface area is 137 Å². The van der Waals surface area contributed by atoms with Gasteiger partial charge in [0.2, 0.25) is 11.8 Å². The van der Waals surface area contributed by atoms with Gasteiger partial charge in [0.25, 0.3) is 0 Å². The number of halogens is 1. The molecule has 0 bridgehead atoms. The maximum absolute atomic E-state index is 12.7. The number of carboxylic acid groups (broad SMARTS) is 1. The highest BCUT2D eigenvalue weighted by Gasteiger charge is 2.05. The number of carbonyl (C=O) groups excluding carboxylic acids is 2. The van der Waals surface area contributed by atoms with Crippen molar-refractivity contribution in [1.82, 2.24) is 5.32 Å². The zero-order valence-electron chi connectivity index (χ0n) is 12.5. The number of carboxylic acids is 1. The predicted octanol–water partition coefficient (Wildman–Crippen LogP) is 1.87. The van der Waals surface area contributed by atoms with Crippen LogP contribution in [-0.2, 0) is 14.4 Å². The van der Waals surface area contributed by atoms with Crippen molar-refractivity contribution in [1.29, 1.82) is 0 Å². The van der Waals surface area contributed by atoms with Crippen molar-refractivity contribution < 1.29 is 23.9 Å². The molecule has 2 amide bonds. The van der Waals surface area contributed by atoms with Gasteiger partial charge in [0.15, 0.2) is 0 Å². The van der Waals surface area contributed by atoms with Gasteiger partial charge < -0.3 is 15.7 Å². The molecule has 1 aromatic rings. The van der Waals surface area contributed by atoms with Gasteiger partial charge >= 0.3 is 5.97 Å². The van der Waals surface area contributed by atoms with Gasteiger partial charge in [0.05, 0.1) is 5.75 Å². The third-order valence-corrected chi connectivity index (χ3v) is 3.68. The molecule has 3 N–H and O–H groups in total. The largest absolute Gasteiger partial charge is 0.481 e. The number of hydrogen-bond acceptors (Lipinski definition) is 4. The monoisotopic (exact) mass is 342 g/mol. The maximum atomic E-state index is 12.7. The minimum atomic E-state index is -0.887. The van der Waals surface area contributed by atoms with Crippen molar-refractivity contribution in [2.45, 2.75) is 19.3 Å². The summed E-state index contributed by atoms with van der Waals surface area (Å²) in [5, 5.41) is 13.7. The summed E-state index contributed by atoms with van der Waals surface area (Å²) in [6.45, 7) is 0.334. The predicted molar refractivity (Wildman–Crippen MR) is 86.9 cm³/mol.